The summed E-state index contributed by atoms with van der Waals surface area (Å²) in [7, 11) is 0. The number of imide groups is 1. The van der Waals surface area contributed by atoms with Gasteiger partial charge in [-0.2, -0.15) is 0 Å². The van der Waals surface area contributed by atoms with Gasteiger partial charge in [0.25, 0.3) is 0 Å². The van der Waals surface area contributed by atoms with E-state index in [9.17, 15) is 9.59 Å². The van der Waals surface area contributed by atoms with Crippen LogP contribution in [0.15, 0.2) is 0 Å². The summed E-state index contributed by atoms with van der Waals surface area (Å²) in [5, 5.41) is 2.44. The van der Waals surface area contributed by atoms with Crippen LogP contribution < -0.4 is 5.32 Å². The van der Waals surface area contributed by atoms with Gasteiger partial charge in [0.05, 0.1) is 0 Å². The lowest BCUT2D eigenvalue weighted by atomic mass is 9.65. The van der Waals surface area contributed by atoms with Gasteiger partial charge in [0, 0.05) is 12.3 Å². The van der Waals surface area contributed by atoms with Gasteiger partial charge in [-0.15, -0.1) is 0 Å². The molecule has 1 saturated heterocycles. The van der Waals surface area contributed by atoms with Crippen molar-refractivity contribution in [2.45, 2.75) is 59.3 Å². The minimum atomic E-state index is -0.0824. The van der Waals surface area contributed by atoms with Gasteiger partial charge in [0.15, 0.2) is 0 Å². The lowest BCUT2D eigenvalue weighted by molar-refractivity contribution is -0.126. The number of hydrogen-bond donors (Lipinski definition) is 1. The molecule has 1 atom stereocenters. The highest BCUT2D eigenvalue weighted by Gasteiger charge is 2.40. The Kier molecular flexibility index (Phi) is 3.79. The summed E-state index contributed by atoms with van der Waals surface area (Å²) in [5.41, 5.74) is 0.415. The van der Waals surface area contributed by atoms with Gasteiger partial charge in [0.1, 0.15) is 0 Å². The van der Waals surface area contributed by atoms with Gasteiger partial charge in [-0.1, -0.05) is 27.2 Å². The molecule has 1 N–H and O–H groups in total. The van der Waals surface area contributed by atoms with Gasteiger partial charge in [-0.3, -0.25) is 14.9 Å². The van der Waals surface area contributed by atoms with E-state index in [1.165, 1.54) is 19.3 Å². The molecule has 102 valence electrons. The molecule has 0 aromatic carbocycles. The van der Waals surface area contributed by atoms with Crippen molar-refractivity contribution in [1.29, 1.82) is 0 Å². The van der Waals surface area contributed by atoms with E-state index < -0.39 is 0 Å². The van der Waals surface area contributed by atoms with Crippen LogP contribution in [0.5, 0.6) is 0 Å². The van der Waals surface area contributed by atoms with Gasteiger partial charge in [-0.05, 0) is 42.9 Å². The molecule has 1 saturated carbocycles. The summed E-state index contributed by atoms with van der Waals surface area (Å²) in [6, 6.07) is 0. The quantitative estimate of drug-likeness (QED) is 0.784. The number of rotatable bonds is 3. The molecule has 0 aromatic rings. The van der Waals surface area contributed by atoms with E-state index in [1.54, 1.807) is 0 Å². The Bertz CT molecular complexity index is 340. The molecule has 1 unspecified atom stereocenters. The summed E-state index contributed by atoms with van der Waals surface area (Å²) in [6.07, 6.45) is 6.28. The summed E-state index contributed by atoms with van der Waals surface area (Å²) < 4.78 is 0. The molecule has 3 heteroatoms. The number of carbonyl (C=O) groups excluding carboxylic acids is 2. The van der Waals surface area contributed by atoms with E-state index in [1.807, 2.05) is 0 Å². The standard InChI is InChI=1S/C15H25NO2/c1-4-15(2,3)11-7-5-10(6-8-11)12-9-13(17)16-14(12)18/h10-12H,4-9H2,1-3H3,(H,16,17,18). The van der Waals surface area contributed by atoms with Crippen molar-refractivity contribution in [2.24, 2.45) is 23.2 Å². The Morgan fingerprint density at radius 2 is 1.78 bits per heavy atom. The molecule has 0 radical (unpaired) electrons. The zero-order valence-electron chi connectivity index (χ0n) is 11.8. The van der Waals surface area contributed by atoms with E-state index >= 15 is 0 Å². The summed E-state index contributed by atoms with van der Waals surface area (Å²) >= 11 is 0. The molecular weight excluding hydrogens is 226 g/mol. The first-order valence-electron chi connectivity index (χ1n) is 7.27. The lowest BCUT2D eigenvalue weighted by Crippen LogP contribution is -2.32. The molecule has 0 bridgehead atoms. The van der Waals surface area contributed by atoms with Crippen molar-refractivity contribution in [1.82, 2.24) is 5.32 Å². The molecule has 18 heavy (non-hydrogen) atoms. The second kappa shape index (κ2) is 5.02. The average Bonchev–Trinajstić information content (AvgIpc) is 2.69. The molecule has 2 amide bonds. The zero-order valence-corrected chi connectivity index (χ0v) is 11.8. The van der Waals surface area contributed by atoms with Crippen molar-refractivity contribution >= 4 is 11.8 Å². The van der Waals surface area contributed by atoms with Crippen molar-refractivity contribution in [3.63, 3.8) is 0 Å². The van der Waals surface area contributed by atoms with Crippen molar-refractivity contribution in [3.05, 3.63) is 0 Å². The fourth-order valence-corrected chi connectivity index (χ4v) is 3.55. The monoisotopic (exact) mass is 251 g/mol. The third-order valence-corrected chi connectivity index (χ3v) is 5.36. The highest BCUT2D eigenvalue weighted by molar-refractivity contribution is 6.03. The van der Waals surface area contributed by atoms with Crippen LogP contribution >= 0.6 is 0 Å². The van der Waals surface area contributed by atoms with E-state index in [-0.39, 0.29) is 17.7 Å². The first-order chi connectivity index (χ1) is 8.44. The third-order valence-electron chi connectivity index (χ3n) is 5.36. The van der Waals surface area contributed by atoms with Crippen LogP contribution in [0.4, 0.5) is 0 Å². The zero-order chi connectivity index (χ0) is 13.3. The van der Waals surface area contributed by atoms with E-state index in [0.29, 0.717) is 17.8 Å². The van der Waals surface area contributed by atoms with E-state index in [2.05, 4.69) is 26.1 Å². The van der Waals surface area contributed by atoms with Crippen LogP contribution in [0.1, 0.15) is 59.3 Å². The Morgan fingerprint density at radius 3 is 2.22 bits per heavy atom. The minimum Gasteiger partial charge on any atom is -0.296 e. The normalized spacial score (nSPS) is 33.6. The topological polar surface area (TPSA) is 46.2 Å². The Labute approximate surface area is 110 Å². The Morgan fingerprint density at radius 1 is 1.17 bits per heavy atom. The van der Waals surface area contributed by atoms with Gasteiger partial charge < -0.3 is 0 Å². The van der Waals surface area contributed by atoms with Crippen LogP contribution in [0.25, 0.3) is 0 Å². The van der Waals surface area contributed by atoms with E-state index in [0.717, 1.165) is 18.8 Å². The van der Waals surface area contributed by atoms with Crippen LogP contribution in [-0.4, -0.2) is 11.8 Å². The highest BCUT2D eigenvalue weighted by Crippen LogP contribution is 2.44. The van der Waals surface area contributed by atoms with Crippen LogP contribution in [-0.2, 0) is 9.59 Å². The third kappa shape index (κ3) is 2.60. The Hall–Kier alpha value is -0.860. The average molecular weight is 251 g/mol. The molecule has 1 aliphatic carbocycles. The molecule has 2 rings (SSSR count). The van der Waals surface area contributed by atoms with Crippen LogP contribution in [0, 0.1) is 23.2 Å². The minimum absolute atomic E-state index is 0.0294. The summed E-state index contributed by atoms with van der Waals surface area (Å²) in [6.45, 7) is 6.96. The lowest BCUT2D eigenvalue weighted by Gasteiger charge is -2.39. The molecule has 2 aliphatic rings. The van der Waals surface area contributed by atoms with Crippen molar-refractivity contribution in [2.75, 3.05) is 0 Å². The fraction of sp³-hybridized carbons (Fsp3) is 0.867. The van der Waals surface area contributed by atoms with Crippen LogP contribution in [0.3, 0.4) is 0 Å². The van der Waals surface area contributed by atoms with Gasteiger partial charge in [0.2, 0.25) is 11.8 Å². The second-order valence-corrected chi connectivity index (χ2v) is 6.68. The van der Waals surface area contributed by atoms with E-state index in [4.69, 9.17) is 0 Å². The molecule has 3 nitrogen and oxygen atoms in total. The summed E-state index contributed by atoms with van der Waals surface area (Å²) in [5.74, 6) is 1.06. The first kappa shape index (κ1) is 13.6. The Balaban J connectivity index is 1.91. The number of carbonyl (C=O) groups is 2. The highest BCUT2D eigenvalue weighted by atomic mass is 16.2. The number of amides is 2. The SMILES string of the molecule is CCC(C)(C)C1CCC(C2CC(=O)NC2=O)CC1. The molecular formula is C15H25NO2. The fourth-order valence-electron chi connectivity index (χ4n) is 3.55. The van der Waals surface area contributed by atoms with Gasteiger partial charge in [-0.25, -0.2) is 0 Å². The van der Waals surface area contributed by atoms with Crippen LogP contribution in [0.2, 0.25) is 0 Å². The van der Waals surface area contributed by atoms with Gasteiger partial charge >= 0.3 is 0 Å². The molecule has 0 aromatic heterocycles. The second-order valence-electron chi connectivity index (χ2n) is 6.68. The number of hydrogen-bond acceptors (Lipinski definition) is 2. The predicted octanol–water partition coefficient (Wildman–Crippen LogP) is 2.89. The van der Waals surface area contributed by atoms with Crippen molar-refractivity contribution in [3.8, 4) is 0 Å². The molecule has 2 fully saturated rings. The predicted molar refractivity (Wildman–Crippen MR) is 70.8 cm³/mol. The largest absolute Gasteiger partial charge is 0.296 e. The summed E-state index contributed by atoms with van der Waals surface area (Å²) in [4.78, 5) is 22.9. The molecule has 1 aliphatic heterocycles. The maximum absolute atomic E-state index is 11.7. The molecule has 1 heterocycles. The molecule has 0 spiro atoms. The smallest absolute Gasteiger partial charge is 0.230 e. The van der Waals surface area contributed by atoms with Crippen molar-refractivity contribution < 1.29 is 9.59 Å². The maximum atomic E-state index is 11.7. The maximum Gasteiger partial charge on any atom is 0.230 e. The first-order valence-corrected chi connectivity index (χ1v) is 7.27. The number of nitrogens with one attached hydrogen (secondary N) is 1.